The Hall–Kier alpha value is -1.06. The molecule has 0 atom stereocenters. The number of fused-ring (bicyclic) bond motifs is 1. The van der Waals surface area contributed by atoms with Gasteiger partial charge in [0.1, 0.15) is 11.0 Å². The Morgan fingerprint density at radius 3 is 2.80 bits per heavy atom. The molecule has 2 rings (SSSR count). The van der Waals surface area contributed by atoms with E-state index >= 15 is 0 Å². The Morgan fingerprint density at radius 1 is 1.47 bits per heavy atom. The number of aliphatic hydroxyl groups is 1. The lowest BCUT2D eigenvalue weighted by Crippen LogP contribution is -1.93. The maximum atomic E-state index is 13.1. The SMILES string of the molecule is CCn1c(Cl)c(CO)c2cc(F)ccc21. The van der Waals surface area contributed by atoms with Gasteiger partial charge in [-0.3, -0.25) is 0 Å². The van der Waals surface area contributed by atoms with Crippen LogP contribution in [-0.2, 0) is 13.2 Å². The molecular weight excluding hydrogens is 217 g/mol. The molecule has 0 amide bonds. The van der Waals surface area contributed by atoms with E-state index in [4.69, 9.17) is 11.6 Å². The number of hydrogen-bond donors (Lipinski definition) is 1. The Labute approximate surface area is 91.9 Å². The van der Waals surface area contributed by atoms with Gasteiger partial charge in [-0.25, -0.2) is 4.39 Å². The summed E-state index contributed by atoms with van der Waals surface area (Å²) >= 11 is 6.09. The molecular formula is C11H11ClFNO. The van der Waals surface area contributed by atoms with Gasteiger partial charge in [0.05, 0.1) is 6.61 Å². The fraction of sp³-hybridized carbons (Fsp3) is 0.273. The van der Waals surface area contributed by atoms with Gasteiger partial charge < -0.3 is 9.67 Å². The van der Waals surface area contributed by atoms with Gasteiger partial charge in [-0.15, -0.1) is 0 Å². The fourth-order valence-corrected chi connectivity index (χ4v) is 2.20. The van der Waals surface area contributed by atoms with Crippen molar-refractivity contribution in [3.63, 3.8) is 0 Å². The van der Waals surface area contributed by atoms with Crippen molar-refractivity contribution in [3.05, 3.63) is 34.7 Å². The minimum Gasteiger partial charge on any atom is -0.392 e. The molecule has 0 saturated heterocycles. The van der Waals surface area contributed by atoms with Gasteiger partial charge in [-0.2, -0.15) is 0 Å². The third kappa shape index (κ3) is 1.52. The first-order valence-corrected chi connectivity index (χ1v) is 5.13. The highest BCUT2D eigenvalue weighted by atomic mass is 35.5. The van der Waals surface area contributed by atoms with Crippen LogP contribution in [0.4, 0.5) is 4.39 Å². The lowest BCUT2D eigenvalue weighted by Gasteiger charge is -2.01. The molecule has 1 aromatic carbocycles. The summed E-state index contributed by atoms with van der Waals surface area (Å²) in [5.41, 5.74) is 1.45. The molecule has 1 aromatic heterocycles. The minimum absolute atomic E-state index is 0.175. The first-order valence-electron chi connectivity index (χ1n) is 4.76. The monoisotopic (exact) mass is 227 g/mol. The van der Waals surface area contributed by atoms with Crippen LogP contribution in [0.1, 0.15) is 12.5 Å². The molecule has 4 heteroatoms. The van der Waals surface area contributed by atoms with Gasteiger partial charge in [-0.05, 0) is 25.1 Å². The van der Waals surface area contributed by atoms with E-state index in [2.05, 4.69) is 0 Å². The fourth-order valence-electron chi connectivity index (χ4n) is 1.82. The molecule has 0 aliphatic carbocycles. The molecule has 1 heterocycles. The highest BCUT2D eigenvalue weighted by molar-refractivity contribution is 6.32. The summed E-state index contributed by atoms with van der Waals surface area (Å²) in [6, 6.07) is 4.48. The van der Waals surface area contributed by atoms with Crippen molar-refractivity contribution >= 4 is 22.5 Å². The third-order valence-corrected chi connectivity index (χ3v) is 2.97. The standard InChI is InChI=1S/C11H11ClFNO/c1-2-14-10-4-3-7(13)5-8(10)9(6-15)11(14)12/h3-5,15H,2,6H2,1H3. The van der Waals surface area contributed by atoms with Crippen LogP contribution in [0, 0.1) is 5.82 Å². The number of nitrogens with zero attached hydrogens (tertiary/aromatic N) is 1. The highest BCUT2D eigenvalue weighted by Gasteiger charge is 2.14. The molecule has 1 N–H and O–H groups in total. The maximum Gasteiger partial charge on any atom is 0.123 e. The van der Waals surface area contributed by atoms with Crippen LogP contribution >= 0.6 is 11.6 Å². The Balaban J connectivity index is 2.85. The number of aliphatic hydroxyl groups excluding tert-OH is 1. The molecule has 2 nitrogen and oxygen atoms in total. The number of halogens is 2. The molecule has 0 radical (unpaired) electrons. The molecule has 0 unspecified atom stereocenters. The van der Waals surface area contributed by atoms with Gasteiger partial charge in [-0.1, -0.05) is 11.6 Å². The molecule has 0 fully saturated rings. The summed E-state index contributed by atoms with van der Waals surface area (Å²) < 4.78 is 14.9. The van der Waals surface area contributed by atoms with E-state index in [-0.39, 0.29) is 12.4 Å². The summed E-state index contributed by atoms with van der Waals surface area (Å²) in [5.74, 6) is -0.317. The van der Waals surface area contributed by atoms with Crippen LogP contribution in [0.3, 0.4) is 0 Å². The van der Waals surface area contributed by atoms with Crippen molar-refractivity contribution in [2.24, 2.45) is 0 Å². The average molecular weight is 228 g/mol. The normalized spacial score (nSPS) is 11.2. The Bertz CT molecular complexity index is 507. The van der Waals surface area contributed by atoms with Crippen molar-refractivity contribution in [2.45, 2.75) is 20.1 Å². The highest BCUT2D eigenvalue weighted by Crippen LogP contribution is 2.30. The van der Waals surface area contributed by atoms with Crippen LogP contribution in [0.2, 0.25) is 5.15 Å². The molecule has 0 aliphatic heterocycles. The summed E-state index contributed by atoms with van der Waals surface area (Å²) in [5, 5.41) is 10.4. The predicted molar refractivity (Wildman–Crippen MR) is 58.5 cm³/mol. The first kappa shape index (κ1) is 10.5. The molecule has 0 bridgehead atoms. The van der Waals surface area contributed by atoms with E-state index in [1.54, 1.807) is 6.07 Å². The van der Waals surface area contributed by atoms with Crippen molar-refractivity contribution in [3.8, 4) is 0 Å². The van der Waals surface area contributed by atoms with Crippen LogP contribution in [0.5, 0.6) is 0 Å². The second kappa shape index (κ2) is 3.83. The average Bonchev–Trinajstić information content (AvgIpc) is 2.48. The topological polar surface area (TPSA) is 25.2 Å². The Morgan fingerprint density at radius 2 is 2.20 bits per heavy atom. The van der Waals surface area contributed by atoms with Crippen molar-refractivity contribution in [1.29, 1.82) is 0 Å². The van der Waals surface area contributed by atoms with E-state index in [9.17, 15) is 9.50 Å². The second-order valence-electron chi connectivity index (χ2n) is 3.33. The lowest BCUT2D eigenvalue weighted by molar-refractivity contribution is 0.283. The molecule has 0 spiro atoms. The van der Waals surface area contributed by atoms with Crippen molar-refractivity contribution in [1.82, 2.24) is 4.57 Å². The summed E-state index contributed by atoms with van der Waals surface area (Å²) in [7, 11) is 0. The second-order valence-corrected chi connectivity index (χ2v) is 3.69. The number of rotatable bonds is 2. The first-order chi connectivity index (χ1) is 7.19. The van der Waals surface area contributed by atoms with Crippen LogP contribution in [0.15, 0.2) is 18.2 Å². The van der Waals surface area contributed by atoms with Gasteiger partial charge in [0.25, 0.3) is 0 Å². The largest absolute Gasteiger partial charge is 0.392 e. The molecule has 15 heavy (non-hydrogen) atoms. The zero-order valence-electron chi connectivity index (χ0n) is 8.30. The minimum atomic E-state index is -0.317. The molecule has 80 valence electrons. The Kier molecular flexibility index (Phi) is 2.67. The van der Waals surface area contributed by atoms with Gasteiger partial charge in [0, 0.05) is 23.0 Å². The number of aromatic nitrogens is 1. The van der Waals surface area contributed by atoms with Gasteiger partial charge in [0.15, 0.2) is 0 Å². The van der Waals surface area contributed by atoms with E-state index in [0.29, 0.717) is 22.6 Å². The van der Waals surface area contributed by atoms with E-state index in [1.165, 1.54) is 12.1 Å². The summed E-state index contributed by atoms with van der Waals surface area (Å²) in [6.45, 7) is 2.47. The van der Waals surface area contributed by atoms with E-state index in [0.717, 1.165) is 5.52 Å². The summed E-state index contributed by atoms with van der Waals surface area (Å²) in [6.07, 6.45) is 0. The van der Waals surface area contributed by atoms with Crippen molar-refractivity contribution < 1.29 is 9.50 Å². The number of aryl methyl sites for hydroxylation is 1. The van der Waals surface area contributed by atoms with Crippen LogP contribution in [-0.4, -0.2) is 9.67 Å². The summed E-state index contributed by atoms with van der Waals surface area (Å²) in [4.78, 5) is 0. The lowest BCUT2D eigenvalue weighted by atomic mass is 10.2. The maximum absolute atomic E-state index is 13.1. The van der Waals surface area contributed by atoms with Crippen LogP contribution < -0.4 is 0 Å². The number of benzene rings is 1. The zero-order valence-corrected chi connectivity index (χ0v) is 9.05. The van der Waals surface area contributed by atoms with E-state index in [1.807, 2.05) is 11.5 Å². The van der Waals surface area contributed by atoms with Gasteiger partial charge >= 0.3 is 0 Å². The zero-order chi connectivity index (χ0) is 11.0. The molecule has 0 saturated carbocycles. The smallest absolute Gasteiger partial charge is 0.123 e. The third-order valence-electron chi connectivity index (χ3n) is 2.53. The van der Waals surface area contributed by atoms with E-state index < -0.39 is 0 Å². The number of hydrogen-bond acceptors (Lipinski definition) is 1. The van der Waals surface area contributed by atoms with Crippen molar-refractivity contribution in [2.75, 3.05) is 0 Å². The van der Waals surface area contributed by atoms with Crippen LogP contribution in [0.25, 0.3) is 10.9 Å². The van der Waals surface area contributed by atoms with Gasteiger partial charge in [0.2, 0.25) is 0 Å². The predicted octanol–water partition coefficient (Wildman–Crippen LogP) is 2.95. The molecule has 2 aromatic rings. The quantitative estimate of drug-likeness (QED) is 0.839. The molecule has 0 aliphatic rings.